The highest BCUT2D eigenvalue weighted by atomic mass is 32.2. The number of thioether (sulfide) groups is 1. The molecule has 0 heterocycles. The Morgan fingerprint density at radius 2 is 1.35 bits per heavy atom. The van der Waals surface area contributed by atoms with Crippen LogP contribution in [0.15, 0.2) is 77.7 Å². The highest BCUT2D eigenvalue weighted by Crippen LogP contribution is 2.36. The fraction of sp³-hybridized carbons (Fsp3) is 0.136. The predicted octanol–water partition coefficient (Wildman–Crippen LogP) is 4.46. The van der Waals surface area contributed by atoms with Crippen molar-refractivity contribution < 1.29 is 22.0 Å². The lowest BCUT2D eigenvalue weighted by atomic mass is 10.0. The van der Waals surface area contributed by atoms with Crippen LogP contribution in [-0.2, 0) is 14.8 Å². The first-order valence-corrected chi connectivity index (χ1v) is 11.9. The van der Waals surface area contributed by atoms with Crippen molar-refractivity contribution in [1.82, 2.24) is 0 Å². The fourth-order valence-electron chi connectivity index (χ4n) is 2.88. The minimum atomic E-state index is -3.79. The largest absolute Gasteiger partial charge is 0.326 e. The molecule has 0 aliphatic rings. The Morgan fingerprint density at radius 3 is 1.81 bits per heavy atom. The molecule has 0 aromatic heterocycles. The van der Waals surface area contributed by atoms with E-state index in [1.165, 1.54) is 60.3 Å². The zero-order valence-electron chi connectivity index (χ0n) is 16.3. The van der Waals surface area contributed by atoms with Gasteiger partial charge < -0.3 is 5.32 Å². The maximum atomic E-state index is 13.3. The molecule has 0 aliphatic heterocycles. The van der Waals surface area contributed by atoms with E-state index in [9.17, 15) is 22.0 Å². The number of amides is 1. The summed E-state index contributed by atoms with van der Waals surface area (Å²) in [5, 5.41) is 7.57. The molecule has 31 heavy (non-hydrogen) atoms. The predicted molar refractivity (Wildman–Crippen MR) is 118 cm³/mol. The molecule has 3 aromatic rings. The highest BCUT2D eigenvalue weighted by molar-refractivity contribution is 7.99. The molecule has 3 aromatic carbocycles. The van der Waals surface area contributed by atoms with E-state index in [-0.39, 0.29) is 34.1 Å². The first-order valence-electron chi connectivity index (χ1n) is 9.27. The summed E-state index contributed by atoms with van der Waals surface area (Å²) in [4.78, 5) is 12.2. The quantitative estimate of drug-likeness (QED) is 0.517. The van der Waals surface area contributed by atoms with E-state index < -0.39 is 10.0 Å². The molecule has 162 valence electrons. The normalized spacial score (nSPS) is 11.5. The van der Waals surface area contributed by atoms with Crippen molar-refractivity contribution in [3.63, 3.8) is 0 Å². The second-order valence-electron chi connectivity index (χ2n) is 6.72. The van der Waals surface area contributed by atoms with Gasteiger partial charge >= 0.3 is 0 Å². The number of rotatable bonds is 8. The molecule has 0 atom stereocenters. The molecule has 0 bridgehead atoms. The molecule has 1 amide bonds. The summed E-state index contributed by atoms with van der Waals surface area (Å²) < 4.78 is 49.2. The number of sulfonamides is 1. The summed E-state index contributed by atoms with van der Waals surface area (Å²) in [5.74, 6) is -0.479. The van der Waals surface area contributed by atoms with Crippen molar-refractivity contribution >= 4 is 33.4 Å². The summed E-state index contributed by atoms with van der Waals surface area (Å²) in [7, 11) is -3.79. The van der Waals surface area contributed by atoms with Crippen LogP contribution in [0.3, 0.4) is 0 Å². The molecule has 3 rings (SSSR count). The van der Waals surface area contributed by atoms with Gasteiger partial charge in [-0.25, -0.2) is 22.3 Å². The van der Waals surface area contributed by atoms with E-state index in [4.69, 9.17) is 5.14 Å². The van der Waals surface area contributed by atoms with Crippen molar-refractivity contribution in [3.05, 3.63) is 95.6 Å². The van der Waals surface area contributed by atoms with Gasteiger partial charge in [-0.05, 0) is 59.7 Å². The van der Waals surface area contributed by atoms with Crippen LogP contribution in [0.1, 0.15) is 22.8 Å². The summed E-state index contributed by atoms with van der Waals surface area (Å²) in [6.45, 7) is 0. The van der Waals surface area contributed by atoms with Gasteiger partial charge in [0.15, 0.2) is 0 Å². The van der Waals surface area contributed by atoms with Crippen LogP contribution in [0.25, 0.3) is 0 Å². The molecular formula is C22H20F2N2O3S2. The van der Waals surface area contributed by atoms with Crippen LogP contribution >= 0.6 is 11.8 Å². The van der Waals surface area contributed by atoms with E-state index in [2.05, 4.69) is 5.32 Å². The number of benzene rings is 3. The summed E-state index contributed by atoms with van der Waals surface area (Å²) in [6, 6.07) is 17.7. The molecule has 5 nitrogen and oxygen atoms in total. The molecule has 0 radical (unpaired) electrons. The average molecular weight is 463 g/mol. The van der Waals surface area contributed by atoms with Gasteiger partial charge in [-0.15, -0.1) is 11.8 Å². The first kappa shape index (κ1) is 22.9. The van der Waals surface area contributed by atoms with Gasteiger partial charge in [0.1, 0.15) is 11.6 Å². The third-order valence-corrected chi connectivity index (χ3v) is 6.67. The summed E-state index contributed by atoms with van der Waals surface area (Å²) in [5.41, 5.74) is 2.14. The van der Waals surface area contributed by atoms with Crippen LogP contribution in [0.4, 0.5) is 14.5 Å². The second-order valence-corrected chi connectivity index (χ2v) is 9.50. The molecule has 0 spiro atoms. The average Bonchev–Trinajstić information content (AvgIpc) is 2.73. The Kier molecular flexibility index (Phi) is 7.42. The fourth-order valence-corrected chi connectivity index (χ4v) is 4.63. The molecule has 0 saturated heterocycles. The zero-order valence-corrected chi connectivity index (χ0v) is 17.9. The Morgan fingerprint density at radius 1 is 0.871 bits per heavy atom. The second kappa shape index (κ2) is 10.0. The number of primary sulfonamides is 1. The molecule has 0 fully saturated rings. The lowest BCUT2D eigenvalue weighted by molar-refractivity contribution is -0.115. The summed E-state index contributed by atoms with van der Waals surface area (Å²) >= 11 is 1.48. The van der Waals surface area contributed by atoms with Gasteiger partial charge in [0, 0.05) is 17.9 Å². The SMILES string of the molecule is NS(=O)(=O)c1ccc(NC(=O)CCSC(c2ccc(F)cc2)c2ccc(F)cc2)cc1. The molecule has 0 aliphatic carbocycles. The van der Waals surface area contributed by atoms with Crippen molar-refractivity contribution in [2.45, 2.75) is 16.6 Å². The summed E-state index contributed by atoms with van der Waals surface area (Å²) in [6.07, 6.45) is 0.195. The lowest BCUT2D eigenvalue weighted by Gasteiger charge is -2.18. The van der Waals surface area contributed by atoms with Crippen LogP contribution < -0.4 is 10.5 Å². The number of hydrogen-bond donors (Lipinski definition) is 2. The Labute approximate surface area is 183 Å². The minimum Gasteiger partial charge on any atom is -0.326 e. The van der Waals surface area contributed by atoms with Gasteiger partial charge in [0.05, 0.1) is 10.1 Å². The van der Waals surface area contributed by atoms with Crippen molar-refractivity contribution in [1.29, 1.82) is 0 Å². The number of halogens is 2. The smallest absolute Gasteiger partial charge is 0.238 e. The van der Waals surface area contributed by atoms with E-state index in [1.54, 1.807) is 24.3 Å². The molecular weight excluding hydrogens is 442 g/mol. The van der Waals surface area contributed by atoms with Crippen LogP contribution in [0.2, 0.25) is 0 Å². The molecule has 0 unspecified atom stereocenters. The van der Waals surface area contributed by atoms with E-state index in [1.807, 2.05) is 0 Å². The highest BCUT2D eigenvalue weighted by Gasteiger charge is 2.16. The number of carbonyl (C=O) groups excluding carboxylic acids is 1. The van der Waals surface area contributed by atoms with Crippen LogP contribution in [-0.4, -0.2) is 20.1 Å². The number of hydrogen-bond acceptors (Lipinski definition) is 4. The van der Waals surface area contributed by atoms with Gasteiger partial charge in [-0.2, -0.15) is 0 Å². The van der Waals surface area contributed by atoms with Gasteiger partial charge in [-0.1, -0.05) is 24.3 Å². The number of carbonyl (C=O) groups is 1. The van der Waals surface area contributed by atoms with Gasteiger partial charge in [0.25, 0.3) is 0 Å². The maximum Gasteiger partial charge on any atom is 0.238 e. The Balaban J connectivity index is 1.62. The standard InChI is InChI=1S/C22H20F2N2O3S2/c23-17-5-1-15(2-6-17)22(16-3-7-18(24)8-4-16)30-14-13-21(27)26-19-9-11-20(12-10-19)31(25,28)29/h1-12,22H,13-14H2,(H,26,27)(H2,25,28,29). The Bertz CT molecular complexity index is 1090. The first-order chi connectivity index (χ1) is 14.7. The zero-order chi connectivity index (χ0) is 22.4. The van der Waals surface area contributed by atoms with E-state index in [0.29, 0.717) is 11.4 Å². The molecule has 0 saturated carbocycles. The van der Waals surface area contributed by atoms with E-state index >= 15 is 0 Å². The van der Waals surface area contributed by atoms with Gasteiger partial charge in [0.2, 0.25) is 15.9 Å². The van der Waals surface area contributed by atoms with Crippen LogP contribution in [0, 0.1) is 11.6 Å². The van der Waals surface area contributed by atoms with Crippen molar-refractivity contribution in [2.75, 3.05) is 11.1 Å². The van der Waals surface area contributed by atoms with Gasteiger partial charge in [-0.3, -0.25) is 4.79 Å². The maximum absolute atomic E-state index is 13.3. The monoisotopic (exact) mass is 462 g/mol. The van der Waals surface area contributed by atoms with Crippen molar-refractivity contribution in [2.24, 2.45) is 5.14 Å². The number of anilines is 1. The lowest BCUT2D eigenvalue weighted by Crippen LogP contribution is -2.14. The van der Waals surface area contributed by atoms with E-state index in [0.717, 1.165) is 11.1 Å². The third kappa shape index (κ3) is 6.61. The van der Waals surface area contributed by atoms with Crippen LogP contribution in [0.5, 0.6) is 0 Å². The number of nitrogens with one attached hydrogen (secondary N) is 1. The topological polar surface area (TPSA) is 89.3 Å². The van der Waals surface area contributed by atoms with Crippen molar-refractivity contribution in [3.8, 4) is 0 Å². The Hall–Kier alpha value is -2.75. The molecule has 3 N–H and O–H groups in total. The molecule has 9 heteroatoms. The number of nitrogens with two attached hydrogens (primary N) is 1. The third-order valence-electron chi connectivity index (χ3n) is 4.43. The minimum absolute atomic E-state index is 0.0394.